The lowest BCUT2D eigenvalue weighted by atomic mass is 9.58. The first-order valence-corrected chi connectivity index (χ1v) is 8.74. The number of benzene rings is 1. The van der Waals surface area contributed by atoms with Crippen molar-refractivity contribution >= 4 is 11.6 Å². The summed E-state index contributed by atoms with van der Waals surface area (Å²) < 4.78 is 5.84. The Kier molecular flexibility index (Phi) is 4.79. The van der Waals surface area contributed by atoms with Gasteiger partial charge in [0.2, 0.25) is 0 Å². The van der Waals surface area contributed by atoms with Crippen molar-refractivity contribution in [2.75, 3.05) is 19.7 Å². The molecule has 1 aliphatic carbocycles. The number of rotatable bonds is 4. The molecule has 0 amide bonds. The molecule has 4 heteroatoms. The highest BCUT2D eigenvalue weighted by Gasteiger charge is 2.56. The summed E-state index contributed by atoms with van der Waals surface area (Å²) in [5, 5.41) is 11.1. The normalized spacial score (nSPS) is 29.3. The van der Waals surface area contributed by atoms with Crippen LogP contribution in [0.15, 0.2) is 24.3 Å². The third kappa shape index (κ3) is 2.69. The lowest BCUT2D eigenvalue weighted by molar-refractivity contribution is -0.211. The number of aliphatic hydroxyl groups is 1. The van der Waals surface area contributed by atoms with E-state index in [-0.39, 0.29) is 17.6 Å². The van der Waals surface area contributed by atoms with Crippen molar-refractivity contribution in [1.29, 1.82) is 0 Å². The number of ether oxygens (including phenoxy) is 1. The van der Waals surface area contributed by atoms with E-state index in [0.717, 1.165) is 44.0 Å². The molecule has 1 aliphatic heterocycles. The molecule has 2 fully saturated rings. The van der Waals surface area contributed by atoms with Crippen LogP contribution in [-0.2, 0) is 4.74 Å². The average Bonchev–Trinajstić information content (AvgIpc) is 2.55. The number of hydrogen-bond donors (Lipinski definition) is 1. The second-order valence-corrected chi connectivity index (χ2v) is 7.07. The summed E-state index contributed by atoms with van der Waals surface area (Å²) in [6.07, 6.45) is 2.86. The van der Waals surface area contributed by atoms with Crippen LogP contribution in [0.1, 0.15) is 44.7 Å². The summed E-state index contributed by atoms with van der Waals surface area (Å²) in [6, 6.07) is 8.40. The molecule has 0 radical (unpaired) electrons. The monoisotopic (exact) mass is 323 g/mol. The van der Waals surface area contributed by atoms with Gasteiger partial charge in [-0.15, -0.1) is 0 Å². The highest BCUT2D eigenvalue weighted by atomic mass is 35.5. The Hall–Kier alpha value is -0.610. The van der Waals surface area contributed by atoms with Crippen LogP contribution >= 0.6 is 11.6 Å². The number of halogens is 1. The van der Waals surface area contributed by atoms with Crippen molar-refractivity contribution in [3.8, 4) is 0 Å². The zero-order valence-corrected chi connectivity index (χ0v) is 14.2. The second kappa shape index (κ2) is 6.48. The Morgan fingerprint density at radius 3 is 2.64 bits per heavy atom. The maximum absolute atomic E-state index is 10.3. The maximum atomic E-state index is 10.3. The average molecular weight is 324 g/mol. The van der Waals surface area contributed by atoms with Crippen LogP contribution in [0, 0.1) is 5.41 Å². The molecule has 1 heterocycles. The van der Waals surface area contributed by atoms with Crippen LogP contribution in [0.3, 0.4) is 0 Å². The molecule has 3 nitrogen and oxygen atoms in total. The van der Waals surface area contributed by atoms with Crippen LogP contribution in [0.5, 0.6) is 0 Å². The fraction of sp³-hybridized carbons (Fsp3) is 0.667. The van der Waals surface area contributed by atoms with Gasteiger partial charge in [0, 0.05) is 29.5 Å². The topological polar surface area (TPSA) is 32.7 Å². The summed E-state index contributed by atoms with van der Waals surface area (Å²) in [6.45, 7) is 6.97. The number of hydrogen-bond acceptors (Lipinski definition) is 3. The van der Waals surface area contributed by atoms with Gasteiger partial charge >= 0.3 is 0 Å². The fourth-order valence-corrected chi connectivity index (χ4v) is 4.45. The molecule has 1 aromatic carbocycles. The molecule has 2 aliphatic rings. The zero-order valence-electron chi connectivity index (χ0n) is 13.5. The summed E-state index contributed by atoms with van der Waals surface area (Å²) in [7, 11) is 0. The minimum absolute atomic E-state index is 0.00723. The molecule has 22 heavy (non-hydrogen) atoms. The quantitative estimate of drug-likeness (QED) is 0.918. The van der Waals surface area contributed by atoms with Gasteiger partial charge in [-0.2, -0.15) is 0 Å². The van der Waals surface area contributed by atoms with E-state index in [4.69, 9.17) is 16.3 Å². The van der Waals surface area contributed by atoms with E-state index in [9.17, 15) is 5.11 Å². The highest BCUT2D eigenvalue weighted by Crippen LogP contribution is 2.51. The molecule has 0 bridgehead atoms. The second-order valence-electron chi connectivity index (χ2n) is 6.66. The predicted molar refractivity (Wildman–Crippen MR) is 89.1 cm³/mol. The first-order chi connectivity index (χ1) is 10.6. The Morgan fingerprint density at radius 2 is 2.05 bits per heavy atom. The van der Waals surface area contributed by atoms with Gasteiger partial charge in [-0.05, 0) is 51.4 Å². The lowest BCUT2D eigenvalue weighted by Crippen LogP contribution is -2.62. The van der Waals surface area contributed by atoms with Crippen molar-refractivity contribution < 1.29 is 9.84 Å². The van der Waals surface area contributed by atoms with E-state index in [2.05, 4.69) is 17.9 Å². The van der Waals surface area contributed by atoms with Crippen molar-refractivity contribution in [2.24, 2.45) is 5.41 Å². The molecule has 3 atom stereocenters. The fourth-order valence-electron chi connectivity index (χ4n) is 4.15. The van der Waals surface area contributed by atoms with Crippen molar-refractivity contribution in [2.45, 2.75) is 51.4 Å². The van der Waals surface area contributed by atoms with Gasteiger partial charge < -0.3 is 9.84 Å². The van der Waals surface area contributed by atoms with Gasteiger partial charge in [0.15, 0.2) is 0 Å². The lowest BCUT2D eigenvalue weighted by Gasteiger charge is -2.57. The molecular formula is C18H26ClNO2. The van der Waals surface area contributed by atoms with E-state index < -0.39 is 0 Å². The molecule has 1 aromatic rings. The van der Waals surface area contributed by atoms with Crippen molar-refractivity contribution in [3.63, 3.8) is 0 Å². The third-order valence-corrected chi connectivity index (χ3v) is 6.09. The molecule has 1 N–H and O–H groups in total. The van der Waals surface area contributed by atoms with Gasteiger partial charge in [-0.3, -0.25) is 4.90 Å². The Labute approximate surface area is 138 Å². The molecular weight excluding hydrogens is 298 g/mol. The number of likely N-dealkylation sites (tertiary alicyclic amines) is 1. The van der Waals surface area contributed by atoms with Crippen molar-refractivity contribution in [3.05, 3.63) is 34.9 Å². The van der Waals surface area contributed by atoms with E-state index in [1.54, 1.807) is 0 Å². The molecule has 1 saturated carbocycles. The van der Waals surface area contributed by atoms with Gasteiger partial charge in [-0.1, -0.05) is 29.8 Å². The van der Waals surface area contributed by atoms with E-state index in [1.807, 2.05) is 25.1 Å². The van der Waals surface area contributed by atoms with E-state index >= 15 is 0 Å². The SMILES string of the molecule is CCOC1CC(O)C12CCN(C(C)c1ccccc1Cl)CC2. The maximum Gasteiger partial charge on any atom is 0.0681 e. The number of piperidine rings is 1. The summed E-state index contributed by atoms with van der Waals surface area (Å²) in [5.74, 6) is 0. The van der Waals surface area contributed by atoms with Crippen molar-refractivity contribution in [1.82, 2.24) is 4.90 Å². The van der Waals surface area contributed by atoms with Crippen LogP contribution in [0.25, 0.3) is 0 Å². The molecule has 1 saturated heterocycles. The Balaban J connectivity index is 1.65. The Bertz CT molecular complexity index is 512. The molecule has 122 valence electrons. The zero-order chi connectivity index (χ0) is 15.7. The predicted octanol–water partition coefficient (Wildman–Crippen LogP) is 3.65. The highest BCUT2D eigenvalue weighted by molar-refractivity contribution is 6.31. The standard InChI is InChI=1S/C18H26ClNO2/c1-3-22-17-12-16(21)18(17)8-10-20(11-9-18)13(2)14-6-4-5-7-15(14)19/h4-7,13,16-17,21H,3,8-12H2,1-2H3. The largest absolute Gasteiger partial charge is 0.392 e. The van der Waals surface area contributed by atoms with Crippen LogP contribution < -0.4 is 0 Å². The van der Waals surface area contributed by atoms with Crippen LogP contribution in [0.4, 0.5) is 0 Å². The van der Waals surface area contributed by atoms with Gasteiger partial charge in [-0.25, -0.2) is 0 Å². The van der Waals surface area contributed by atoms with Gasteiger partial charge in [0.25, 0.3) is 0 Å². The molecule has 3 unspecified atom stereocenters. The number of nitrogens with zero attached hydrogens (tertiary/aromatic N) is 1. The minimum Gasteiger partial charge on any atom is -0.392 e. The summed E-state index contributed by atoms with van der Waals surface area (Å²) in [5.41, 5.74) is 1.18. The van der Waals surface area contributed by atoms with E-state index in [0.29, 0.717) is 6.04 Å². The number of aliphatic hydroxyl groups excluding tert-OH is 1. The molecule has 3 rings (SSSR count). The molecule has 0 aromatic heterocycles. The first kappa shape index (κ1) is 16.3. The summed E-state index contributed by atoms with van der Waals surface area (Å²) >= 11 is 6.33. The van der Waals surface area contributed by atoms with Crippen LogP contribution in [-0.4, -0.2) is 41.9 Å². The van der Waals surface area contributed by atoms with Crippen LogP contribution in [0.2, 0.25) is 5.02 Å². The minimum atomic E-state index is -0.193. The third-order valence-electron chi connectivity index (χ3n) is 5.74. The van der Waals surface area contributed by atoms with Gasteiger partial charge in [0.1, 0.15) is 0 Å². The smallest absolute Gasteiger partial charge is 0.0681 e. The summed E-state index contributed by atoms with van der Waals surface area (Å²) in [4.78, 5) is 2.47. The Morgan fingerprint density at radius 1 is 1.36 bits per heavy atom. The molecule has 1 spiro atoms. The van der Waals surface area contributed by atoms with E-state index in [1.165, 1.54) is 5.56 Å². The first-order valence-electron chi connectivity index (χ1n) is 8.36. The van der Waals surface area contributed by atoms with Gasteiger partial charge in [0.05, 0.1) is 12.2 Å².